The van der Waals surface area contributed by atoms with Gasteiger partial charge in [-0.1, -0.05) is 59.8 Å². The van der Waals surface area contributed by atoms with Crippen molar-refractivity contribution in [1.29, 1.82) is 0 Å². The van der Waals surface area contributed by atoms with E-state index in [1.807, 2.05) is 13.8 Å². The maximum atomic E-state index is 2.62. The van der Waals surface area contributed by atoms with Crippen molar-refractivity contribution < 1.29 is 0 Å². The number of rotatable bonds is 4. The molecule has 0 aromatic heterocycles. The normalized spacial score (nSPS) is 29.7. The number of likely N-dealkylation sites (tertiary alicyclic amines) is 1. The molecule has 1 heteroatoms. The molecule has 1 saturated heterocycles. The van der Waals surface area contributed by atoms with Gasteiger partial charge in [0.1, 0.15) is 0 Å². The van der Waals surface area contributed by atoms with Crippen molar-refractivity contribution >= 4 is 0 Å². The van der Waals surface area contributed by atoms with Gasteiger partial charge in [-0.15, -0.1) is 0 Å². The molecule has 1 saturated carbocycles. The first kappa shape index (κ1) is 17.0. The second-order valence-corrected chi connectivity index (χ2v) is 6.41. The van der Waals surface area contributed by atoms with Gasteiger partial charge in [0.05, 0.1) is 0 Å². The van der Waals surface area contributed by atoms with E-state index in [4.69, 9.17) is 0 Å². The highest BCUT2D eigenvalue weighted by Gasteiger charge is 2.25. The summed E-state index contributed by atoms with van der Waals surface area (Å²) >= 11 is 0. The standard InChI is InChI=1S/C16H31N.C2H6/c1-3-14-5-7-15(8-6-14)13-16-9-11-17(4-2)12-10-16;1-2/h14-16H,3-13H2,1-2H3;1-2H3. The van der Waals surface area contributed by atoms with Crippen molar-refractivity contribution in [1.82, 2.24) is 4.90 Å². The van der Waals surface area contributed by atoms with Crippen molar-refractivity contribution in [3.63, 3.8) is 0 Å². The minimum Gasteiger partial charge on any atom is -0.304 e. The lowest BCUT2D eigenvalue weighted by atomic mass is 9.76. The fraction of sp³-hybridized carbons (Fsp3) is 1.00. The number of piperidine rings is 1. The Morgan fingerprint density at radius 1 is 0.737 bits per heavy atom. The summed E-state index contributed by atoms with van der Waals surface area (Å²) in [4.78, 5) is 2.62. The molecule has 1 aliphatic heterocycles. The Labute approximate surface area is 122 Å². The Hall–Kier alpha value is -0.0400. The van der Waals surface area contributed by atoms with Gasteiger partial charge in [0, 0.05) is 0 Å². The molecule has 0 N–H and O–H groups in total. The maximum absolute atomic E-state index is 2.62. The summed E-state index contributed by atoms with van der Waals surface area (Å²) < 4.78 is 0. The van der Waals surface area contributed by atoms with Crippen LogP contribution in [-0.2, 0) is 0 Å². The second kappa shape index (κ2) is 9.80. The van der Waals surface area contributed by atoms with E-state index in [2.05, 4.69) is 18.7 Å². The summed E-state index contributed by atoms with van der Waals surface area (Å²) in [5.74, 6) is 3.20. The van der Waals surface area contributed by atoms with Gasteiger partial charge in [0.15, 0.2) is 0 Å². The Kier molecular flexibility index (Phi) is 8.77. The van der Waals surface area contributed by atoms with Crippen LogP contribution in [0.2, 0.25) is 0 Å². The first-order valence-corrected chi connectivity index (χ1v) is 9.04. The Bertz CT molecular complexity index is 176. The summed E-state index contributed by atoms with van der Waals surface area (Å²) in [6, 6.07) is 0. The maximum Gasteiger partial charge on any atom is -0.00162 e. The molecule has 0 aromatic rings. The lowest BCUT2D eigenvalue weighted by Gasteiger charge is -2.35. The lowest BCUT2D eigenvalue weighted by Crippen LogP contribution is -2.34. The molecule has 0 amide bonds. The molecule has 0 unspecified atom stereocenters. The average Bonchev–Trinajstić information content (AvgIpc) is 2.51. The van der Waals surface area contributed by atoms with Gasteiger partial charge < -0.3 is 4.90 Å². The van der Waals surface area contributed by atoms with E-state index in [0.29, 0.717) is 0 Å². The summed E-state index contributed by atoms with van der Waals surface area (Å²) in [5.41, 5.74) is 0. The molecule has 0 atom stereocenters. The monoisotopic (exact) mass is 267 g/mol. The number of nitrogens with zero attached hydrogens (tertiary/aromatic N) is 1. The smallest absolute Gasteiger partial charge is 0.00162 e. The van der Waals surface area contributed by atoms with Crippen molar-refractivity contribution in [3.8, 4) is 0 Å². The molecule has 1 heterocycles. The molecule has 0 bridgehead atoms. The van der Waals surface area contributed by atoms with Gasteiger partial charge in [0.2, 0.25) is 0 Å². The quantitative estimate of drug-likeness (QED) is 0.663. The zero-order valence-electron chi connectivity index (χ0n) is 14.0. The Morgan fingerprint density at radius 3 is 1.68 bits per heavy atom. The molecule has 2 fully saturated rings. The molecule has 19 heavy (non-hydrogen) atoms. The van der Waals surface area contributed by atoms with E-state index < -0.39 is 0 Å². The Morgan fingerprint density at radius 2 is 1.21 bits per heavy atom. The van der Waals surface area contributed by atoms with Gasteiger partial charge in [-0.3, -0.25) is 0 Å². The Balaban J connectivity index is 0.000000861. The molecule has 1 nitrogen and oxygen atoms in total. The minimum absolute atomic E-state index is 1.06. The van der Waals surface area contributed by atoms with Crippen molar-refractivity contribution in [2.45, 2.75) is 79.1 Å². The van der Waals surface area contributed by atoms with Crippen molar-refractivity contribution in [2.75, 3.05) is 19.6 Å². The van der Waals surface area contributed by atoms with Crippen LogP contribution in [-0.4, -0.2) is 24.5 Å². The summed E-state index contributed by atoms with van der Waals surface area (Å²) in [6.45, 7) is 12.7. The van der Waals surface area contributed by atoms with Gasteiger partial charge in [-0.2, -0.15) is 0 Å². The van der Waals surface area contributed by atoms with E-state index in [1.165, 1.54) is 64.6 Å². The molecule has 2 aliphatic rings. The molecular weight excluding hydrogens is 230 g/mol. The van der Waals surface area contributed by atoms with E-state index in [0.717, 1.165) is 17.8 Å². The van der Waals surface area contributed by atoms with E-state index in [-0.39, 0.29) is 0 Å². The zero-order chi connectivity index (χ0) is 14.1. The largest absolute Gasteiger partial charge is 0.304 e. The first-order chi connectivity index (χ1) is 9.31. The average molecular weight is 268 g/mol. The van der Waals surface area contributed by atoms with Gasteiger partial charge in [0.25, 0.3) is 0 Å². The predicted octanol–water partition coefficient (Wildman–Crippen LogP) is 5.35. The molecule has 114 valence electrons. The predicted molar refractivity (Wildman–Crippen MR) is 86.5 cm³/mol. The van der Waals surface area contributed by atoms with E-state index in [9.17, 15) is 0 Å². The minimum atomic E-state index is 1.06. The lowest BCUT2D eigenvalue weighted by molar-refractivity contribution is 0.155. The molecule has 0 spiro atoms. The van der Waals surface area contributed by atoms with Crippen LogP contribution in [0.5, 0.6) is 0 Å². The van der Waals surface area contributed by atoms with Crippen molar-refractivity contribution in [3.05, 3.63) is 0 Å². The fourth-order valence-electron chi connectivity index (χ4n) is 3.89. The first-order valence-electron chi connectivity index (χ1n) is 9.04. The highest BCUT2D eigenvalue weighted by atomic mass is 15.1. The summed E-state index contributed by atoms with van der Waals surface area (Å²) in [6.07, 6.45) is 12.0. The van der Waals surface area contributed by atoms with E-state index in [1.54, 1.807) is 6.42 Å². The molecule has 2 rings (SSSR count). The number of hydrogen-bond acceptors (Lipinski definition) is 1. The van der Waals surface area contributed by atoms with Gasteiger partial charge in [-0.05, 0) is 56.7 Å². The third-order valence-corrected chi connectivity index (χ3v) is 5.36. The highest BCUT2D eigenvalue weighted by molar-refractivity contribution is 4.78. The third-order valence-electron chi connectivity index (χ3n) is 5.36. The molecule has 1 aliphatic carbocycles. The van der Waals surface area contributed by atoms with Gasteiger partial charge in [-0.25, -0.2) is 0 Å². The van der Waals surface area contributed by atoms with Crippen LogP contribution in [0.4, 0.5) is 0 Å². The summed E-state index contributed by atoms with van der Waals surface area (Å²) in [7, 11) is 0. The van der Waals surface area contributed by atoms with Crippen LogP contribution in [0.15, 0.2) is 0 Å². The fourth-order valence-corrected chi connectivity index (χ4v) is 3.89. The van der Waals surface area contributed by atoms with E-state index >= 15 is 0 Å². The SMILES string of the molecule is CC.CCC1CCC(CC2CCN(CC)CC2)CC1. The zero-order valence-corrected chi connectivity index (χ0v) is 14.0. The number of hydrogen-bond donors (Lipinski definition) is 0. The molecular formula is C18H37N. The van der Waals surface area contributed by atoms with Crippen LogP contribution in [0.25, 0.3) is 0 Å². The second-order valence-electron chi connectivity index (χ2n) is 6.41. The third kappa shape index (κ3) is 5.85. The van der Waals surface area contributed by atoms with Crippen LogP contribution in [0, 0.1) is 17.8 Å². The van der Waals surface area contributed by atoms with Crippen LogP contribution in [0.3, 0.4) is 0 Å². The van der Waals surface area contributed by atoms with Crippen LogP contribution >= 0.6 is 0 Å². The van der Waals surface area contributed by atoms with Crippen molar-refractivity contribution in [2.24, 2.45) is 17.8 Å². The van der Waals surface area contributed by atoms with Gasteiger partial charge >= 0.3 is 0 Å². The molecule has 0 aromatic carbocycles. The van der Waals surface area contributed by atoms with Crippen LogP contribution < -0.4 is 0 Å². The van der Waals surface area contributed by atoms with Crippen LogP contribution in [0.1, 0.15) is 79.1 Å². The summed E-state index contributed by atoms with van der Waals surface area (Å²) in [5, 5.41) is 0. The highest BCUT2D eigenvalue weighted by Crippen LogP contribution is 2.36. The topological polar surface area (TPSA) is 3.24 Å². The molecule has 0 radical (unpaired) electrons.